The largest absolute Gasteiger partial charge is 0.490 e. The van der Waals surface area contributed by atoms with Crippen LogP contribution in [-0.4, -0.2) is 42.6 Å². The molecule has 4 nitrogen and oxygen atoms in total. The summed E-state index contributed by atoms with van der Waals surface area (Å²) in [6, 6.07) is 4.10. The van der Waals surface area contributed by atoms with Gasteiger partial charge >= 0.3 is 0 Å². The van der Waals surface area contributed by atoms with Gasteiger partial charge in [-0.25, -0.2) is 8.78 Å². The van der Waals surface area contributed by atoms with Crippen molar-refractivity contribution in [1.29, 1.82) is 0 Å². The number of hydrogen-bond donors (Lipinski definition) is 1. The van der Waals surface area contributed by atoms with Crippen molar-refractivity contribution in [1.82, 2.24) is 10.2 Å². The average Bonchev–Trinajstić information content (AvgIpc) is 2.99. The molecule has 1 N–H and O–H groups in total. The van der Waals surface area contributed by atoms with Crippen LogP contribution in [0.4, 0.5) is 8.78 Å². The zero-order chi connectivity index (χ0) is 18.8. The van der Waals surface area contributed by atoms with Crippen LogP contribution in [0.5, 0.6) is 5.75 Å². The van der Waals surface area contributed by atoms with Crippen molar-refractivity contribution in [2.75, 3.05) is 19.6 Å². The highest BCUT2D eigenvalue weighted by Gasteiger charge is 2.42. The van der Waals surface area contributed by atoms with E-state index in [0.717, 1.165) is 57.5 Å². The van der Waals surface area contributed by atoms with Gasteiger partial charge in [0.05, 0.1) is 0 Å². The molecule has 6 heteroatoms. The fraction of sp³-hybridized carbons (Fsp3) is 0.667. The summed E-state index contributed by atoms with van der Waals surface area (Å²) in [5.41, 5.74) is 0. The molecule has 148 valence electrons. The standard InChI is InChI=1S/C21H28F2N2O2/c22-18-6-5-15(13-19(18)23)27-14-7-10-25(11-8-14)12-9-17-16-3-1-2-4-20(16)24-21(17)26/h5-6,13-14,16-17,20H,1-4,7-12H2,(H,24,26). The van der Waals surface area contributed by atoms with Gasteiger partial charge in [0.2, 0.25) is 5.91 Å². The number of rotatable bonds is 5. The van der Waals surface area contributed by atoms with E-state index in [0.29, 0.717) is 17.7 Å². The summed E-state index contributed by atoms with van der Waals surface area (Å²) in [5.74, 6) is -0.386. The van der Waals surface area contributed by atoms with Gasteiger partial charge in [-0.15, -0.1) is 0 Å². The van der Waals surface area contributed by atoms with E-state index in [2.05, 4.69) is 10.2 Å². The Bertz CT molecular complexity index is 676. The molecule has 27 heavy (non-hydrogen) atoms. The molecule has 0 radical (unpaired) electrons. The SMILES string of the molecule is O=C1NC2CCCCC2C1CCN1CCC(Oc2ccc(F)c(F)c2)CC1. The number of benzene rings is 1. The Morgan fingerprint density at radius 3 is 2.63 bits per heavy atom. The van der Waals surface area contributed by atoms with Crippen molar-refractivity contribution in [2.45, 2.75) is 57.1 Å². The Balaban J connectivity index is 1.22. The first-order chi connectivity index (χ1) is 13.1. The molecular weight excluding hydrogens is 350 g/mol. The summed E-state index contributed by atoms with van der Waals surface area (Å²) < 4.78 is 32.1. The molecule has 1 aromatic carbocycles. The zero-order valence-electron chi connectivity index (χ0n) is 15.6. The van der Waals surface area contributed by atoms with Crippen LogP contribution in [0.15, 0.2) is 18.2 Å². The van der Waals surface area contributed by atoms with Gasteiger partial charge in [0, 0.05) is 31.1 Å². The van der Waals surface area contributed by atoms with Crippen LogP contribution in [0.3, 0.4) is 0 Å². The minimum absolute atomic E-state index is 0.0311. The fourth-order valence-electron chi connectivity index (χ4n) is 4.96. The molecule has 3 fully saturated rings. The number of nitrogens with one attached hydrogen (secondary N) is 1. The lowest BCUT2D eigenvalue weighted by Gasteiger charge is -2.33. The minimum atomic E-state index is -0.874. The second-order valence-electron chi connectivity index (χ2n) is 8.19. The van der Waals surface area contributed by atoms with E-state index in [1.165, 1.54) is 25.3 Å². The molecule has 1 aromatic rings. The van der Waals surface area contributed by atoms with E-state index in [1.54, 1.807) is 0 Å². The van der Waals surface area contributed by atoms with Crippen molar-refractivity contribution >= 4 is 5.91 Å². The first-order valence-corrected chi connectivity index (χ1v) is 10.2. The molecule has 3 atom stereocenters. The van der Waals surface area contributed by atoms with E-state index in [-0.39, 0.29) is 17.9 Å². The Morgan fingerprint density at radius 2 is 1.85 bits per heavy atom. The maximum Gasteiger partial charge on any atom is 0.223 e. The van der Waals surface area contributed by atoms with E-state index >= 15 is 0 Å². The average molecular weight is 378 g/mol. The molecule has 0 spiro atoms. The predicted octanol–water partition coefficient (Wildman–Crippen LogP) is 3.50. The fourth-order valence-corrected chi connectivity index (χ4v) is 4.96. The van der Waals surface area contributed by atoms with E-state index < -0.39 is 11.6 Å². The van der Waals surface area contributed by atoms with Gasteiger partial charge < -0.3 is 15.0 Å². The number of likely N-dealkylation sites (tertiary alicyclic amines) is 1. The van der Waals surface area contributed by atoms with Gasteiger partial charge in [0.1, 0.15) is 11.9 Å². The topological polar surface area (TPSA) is 41.6 Å². The number of ether oxygens (including phenoxy) is 1. The number of carbonyl (C=O) groups is 1. The van der Waals surface area contributed by atoms with Crippen molar-refractivity contribution in [3.05, 3.63) is 29.8 Å². The zero-order valence-corrected chi connectivity index (χ0v) is 15.6. The third-order valence-corrected chi connectivity index (χ3v) is 6.49. The molecule has 4 rings (SSSR count). The van der Waals surface area contributed by atoms with Gasteiger partial charge in [0.25, 0.3) is 0 Å². The summed E-state index contributed by atoms with van der Waals surface area (Å²) in [4.78, 5) is 14.7. The van der Waals surface area contributed by atoms with Gasteiger partial charge in [0.15, 0.2) is 11.6 Å². The predicted molar refractivity (Wildman–Crippen MR) is 98.4 cm³/mol. The maximum absolute atomic E-state index is 13.3. The lowest BCUT2D eigenvalue weighted by Crippen LogP contribution is -2.39. The molecule has 1 saturated carbocycles. The van der Waals surface area contributed by atoms with Crippen LogP contribution < -0.4 is 10.1 Å². The molecule has 3 aliphatic rings. The summed E-state index contributed by atoms with van der Waals surface area (Å²) in [5, 5.41) is 3.20. The quantitative estimate of drug-likeness (QED) is 0.853. The van der Waals surface area contributed by atoms with E-state index in [4.69, 9.17) is 4.74 Å². The van der Waals surface area contributed by atoms with Crippen LogP contribution in [0, 0.1) is 23.5 Å². The first-order valence-electron chi connectivity index (χ1n) is 10.2. The second-order valence-corrected chi connectivity index (χ2v) is 8.19. The number of nitrogens with zero attached hydrogens (tertiary/aromatic N) is 1. The molecule has 2 heterocycles. The van der Waals surface area contributed by atoms with Crippen LogP contribution in [0.2, 0.25) is 0 Å². The Morgan fingerprint density at radius 1 is 1.07 bits per heavy atom. The maximum atomic E-state index is 13.3. The number of amides is 1. The van der Waals surface area contributed by atoms with Crippen molar-refractivity contribution in [3.8, 4) is 5.75 Å². The summed E-state index contributed by atoms with van der Waals surface area (Å²) in [6.07, 6.45) is 7.49. The highest BCUT2D eigenvalue weighted by atomic mass is 19.2. The van der Waals surface area contributed by atoms with Gasteiger partial charge in [-0.2, -0.15) is 0 Å². The van der Waals surface area contributed by atoms with Crippen molar-refractivity contribution in [2.24, 2.45) is 11.8 Å². The Kier molecular flexibility index (Phi) is 5.62. The molecule has 0 aromatic heterocycles. The van der Waals surface area contributed by atoms with Crippen LogP contribution in [0.1, 0.15) is 44.9 Å². The smallest absolute Gasteiger partial charge is 0.223 e. The number of carbonyl (C=O) groups excluding carboxylic acids is 1. The molecule has 1 aliphatic carbocycles. The molecule has 2 saturated heterocycles. The molecule has 1 amide bonds. The highest BCUT2D eigenvalue weighted by molar-refractivity contribution is 5.81. The Hall–Kier alpha value is -1.69. The van der Waals surface area contributed by atoms with E-state index in [9.17, 15) is 13.6 Å². The number of piperidine rings is 1. The lowest BCUT2D eigenvalue weighted by atomic mass is 9.78. The van der Waals surface area contributed by atoms with Gasteiger partial charge in [-0.3, -0.25) is 4.79 Å². The highest BCUT2D eigenvalue weighted by Crippen LogP contribution is 2.37. The van der Waals surface area contributed by atoms with Crippen LogP contribution >= 0.6 is 0 Å². The summed E-state index contributed by atoms with van der Waals surface area (Å²) in [7, 11) is 0. The molecule has 2 aliphatic heterocycles. The third kappa shape index (κ3) is 4.26. The summed E-state index contributed by atoms with van der Waals surface area (Å²) in [6.45, 7) is 2.77. The molecular formula is C21H28F2N2O2. The molecule has 0 bridgehead atoms. The van der Waals surface area contributed by atoms with Gasteiger partial charge in [-0.1, -0.05) is 12.8 Å². The second kappa shape index (κ2) is 8.13. The van der Waals surface area contributed by atoms with Gasteiger partial charge in [-0.05, 0) is 56.7 Å². The Labute approximate surface area is 159 Å². The molecule has 3 unspecified atom stereocenters. The number of fused-ring (bicyclic) bond motifs is 1. The van der Waals surface area contributed by atoms with Crippen LogP contribution in [-0.2, 0) is 4.79 Å². The van der Waals surface area contributed by atoms with E-state index in [1.807, 2.05) is 0 Å². The number of hydrogen-bond acceptors (Lipinski definition) is 3. The first kappa shape index (κ1) is 18.7. The number of halogens is 2. The normalized spacial score (nSPS) is 29.4. The minimum Gasteiger partial charge on any atom is -0.490 e. The van der Waals surface area contributed by atoms with Crippen molar-refractivity contribution < 1.29 is 18.3 Å². The van der Waals surface area contributed by atoms with Crippen molar-refractivity contribution in [3.63, 3.8) is 0 Å². The lowest BCUT2D eigenvalue weighted by molar-refractivity contribution is -0.123. The monoisotopic (exact) mass is 378 g/mol. The van der Waals surface area contributed by atoms with Crippen LogP contribution in [0.25, 0.3) is 0 Å². The summed E-state index contributed by atoms with van der Waals surface area (Å²) >= 11 is 0. The third-order valence-electron chi connectivity index (χ3n) is 6.49.